The van der Waals surface area contributed by atoms with Gasteiger partial charge in [0.2, 0.25) is 0 Å². The number of aryl methyl sites for hydroxylation is 1. The zero-order valence-corrected chi connectivity index (χ0v) is 23.6. The minimum absolute atomic E-state index is 0.111. The molecule has 1 aliphatic rings. The van der Waals surface area contributed by atoms with Gasteiger partial charge >= 0.3 is 12.6 Å². The third-order valence-electron chi connectivity index (χ3n) is 7.91. The Bertz CT molecular complexity index is 1740. The quantitative estimate of drug-likeness (QED) is 0.193. The summed E-state index contributed by atoms with van der Waals surface area (Å²) < 4.78 is 34.8. The Morgan fingerprint density at radius 2 is 1.70 bits per heavy atom. The number of carboxylic acids is 1. The van der Waals surface area contributed by atoms with Crippen molar-refractivity contribution in [1.82, 2.24) is 24.9 Å². The molecule has 222 valence electrons. The molecule has 0 radical (unpaired) electrons. The Hall–Kier alpha value is -5.00. The number of imidazole rings is 1. The number of hydrogen-bond donors (Lipinski definition) is 3. The first-order valence-corrected chi connectivity index (χ1v) is 13.8. The number of rotatable bonds is 9. The molecule has 4 heterocycles. The molecule has 0 aliphatic carbocycles. The summed E-state index contributed by atoms with van der Waals surface area (Å²) in [5.41, 5.74) is 4.88. The molecule has 5 aromatic rings. The smallest absolute Gasteiger partial charge is 0.387 e. The van der Waals surface area contributed by atoms with Gasteiger partial charge in [-0.1, -0.05) is 6.92 Å². The maximum Gasteiger partial charge on any atom is 0.387 e. The number of H-pyrrole nitrogens is 2. The zero-order valence-electron chi connectivity index (χ0n) is 23.6. The molecular weight excluding hydrogens is 558 g/mol. The van der Waals surface area contributed by atoms with Gasteiger partial charge in [0.1, 0.15) is 35.1 Å². The number of aromatic amines is 2. The molecule has 43 heavy (non-hydrogen) atoms. The number of piperidine rings is 1. The van der Waals surface area contributed by atoms with Gasteiger partial charge in [0.05, 0.1) is 11.1 Å². The molecule has 0 spiro atoms. The van der Waals surface area contributed by atoms with E-state index in [0.717, 1.165) is 76.8 Å². The minimum atomic E-state index is -2.86. The number of hydrogen-bond acceptors (Lipinski definition) is 7. The van der Waals surface area contributed by atoms with Crippen molar-refractivity contribution in [3.63, 3.8) is 0 Å². The number of ether oxygens (including phenoxy) is 2. The van der Waals surface area contributed by atoms with E-state index in [1.807, 2.05) is 25.1 Å². The summed E-state index contributed by atoms with van der Waals surface area (Å²) >= 11 is 0. The highest BCUT2D eigenvalue weighted by atomic mass is 19.3. The van der Waals surface area contributed by atoms with Crippen molar-refractivity contribution >= 4 is 22.8 Å². The first-order chi connectivity index (χ1) is 20.7. The molecule has 1 saturated heterocycles. The van der Waals surface area contributed by atoms with Crippen molar-refractivity contribution < 1.29 is 28.2 Å². The number of halogens is 2. The van der Waals surface area contributed by atoms with Crippen LogP contribution in [0.4, 0.5) is 14.6 Å². The fraction of sp³-hybridized carbons (Fsp3) is 0.290. The number of nitrogens with zero attached hydrogens (tertiary/aromatic N) is 4. The predicted octanol–water partition coefficient (Wildman–Crippen LogP) is 5.95. The van der Waals surface area contributed by atoms with Gasteiger partial charge in [-0.15, -0.1) is 0 Å². The predicted molar refractivity (Wildman–Crippen MR) is 157 cm³/mol. The van der Waals surface area contributed by atoms with Crippen LogP contribution in [-0.2, 0) is 10.2 Å². The summed E-state index contributed by atoms with van der Waals surface area (Å²) in [7, 11) is 0. The second-order valence-electron chi connectivity index (χ2n) is 10.9. The fourth-order valence-electron chi connectivity index (χ4n) is 5.48. The van der Waals surface area contributed by atoms with Crippen molar-refractivity contribution in [2.24, 2.45) is 0 Å². The summed E-state index contributed by atoms with van der Waals surface area (Å²) in [6.45, 7) is 2.46. The lowest BCUT2D eigenvalue weighted by atomic mass is 9.79. The van der Waals surface area contributed by atoms with Crippen molar-refractivity contribution in [2.75, 3.05) is 24.6 Å². The number of alkyl halides is 2. The van der Waals surface area contributed by atoms with E-state index in [9.17, 15) is 13.6 Å². The molecular formula is C31H30F2N6O4. The van der Waals surface area contributed by atoms with Crippen LogP contribution in [0.3, 0.4) is 0 Å². The number of fused-ring (bicyclic) bond motifs is 1. The summed E-state index contributed by atoms with van der Waals surface area (Å²) in [4.78, 5) is 33.9. The van der Waals surface area contributed by atoms with Crippen LogP contribution in [0.1, 0.15) is 31.3 Å². The van der Waals surface area contributed by atoms with E-state index in [4.69, 9.17) is 14.8 Å². The highest BCUT2D eigenvalue weighted by Crippen LogP contribution is 2.38. The van der Waals surface area contributed by atoms with Crippen LogP contribution in [0.15, 0.2) is 60.9 Å². The molecule has 0 unspecified atom stereocenters. The van der Waals surface area contributed by atoms with Gasteiger partial charge in [0, 0.05) is 35.5 Å². The van der Waals surface area contributed by atoms with Crippen LogP contribution in [-0.4, -0.2) is 62.3 Å². The van der Waals surface area contributed by atoms with Crippen molar-refractivity contribution in [2.45, 2.75) is 38.7 Å². The van der Waals surface area contributed by atoms with E-state index < -0.39 is 19.2 Å². The molecule has 3 N–H and O–H groups in total. The average molecular weight is 589 g/mol. The van der Waals surface area contributed by atoms with Gasteiger partial charge in [-0.25, -0.2) is 19.7 Å². The van der Waals surface area contributed by atoms with Crippen LogP contribution in [0.2, 0.25) is 0 Å². The minimum Gasteiger partial charge on any atom is -0.482 e. The van der Waals surface area contributed by atoms with Gasteiger partial charge in [0.15, 0.2) is 6.61 Å². The number of nitrogens with one attached hydrogen (secondary N) is 2. The topological polar surface area (TPSA) is 129 Å². The number of carboxylic acid groups (broad SMARTS) is 1. The molecule has 0 saturated carbocycles. The lowest BCUT2D eigenvalue weighted by molar-refractivity contribution is -0.139. The van der Waals surface area contributed by atoms with Crippen LogP contribution >= 0.6 is 0 Å². The van der Waals surface area contributed by atoms with E-state index in [-0.39, 0.29) is 11.2 Å². The lowest BCUT2D eigenvalue weighted by Gasteiger charge is -2.38. The Morgan fingerprint density at radius 1 is 1.02 bits per heavy atom. The SMILES string of the molecule is Cc1[nH]c(C2(C)CCN(c3ncnc4[nH]c(-c5ccc(OCC(=O)O)cc5)cc34)CC2)nc1-c1ccc(OC(F)F)cc1. The fourth-order valence-corrected chi connectivity index (χ4v) is 5.48. The third kappa shape index (κ3) is 5.85. The molecule has 0 bridgehead atoms. The second-order valence-corrected chi connectivity index (χ2v) is 10.9. The van der Waals surface area contributed by atoms with Crippen LogP contribution in [0, 0.1) is 6.92 Å². The van der Waals surface area contributed by atoms with Crippen molar-refractivity contribution in [1.29, 1.82) is 0 Å². The molecule has 2 aromatic carbocycles. The number of benzene rings is 2. The average Bonchev–Trinajstić information content (AvgIpc) is 3.61. The number of anilines is 1. The molecule has 0 amide bonds. The van der Waals surface area contributed by atoms with Crippen LogP contribution in [0.5, 0.6) is 11.5 Å². The number of aliphatic carboxylic acids is 1. The van der Waals surface area contributed by atoms with E-state index in [2.05, 4.69) is 36.5 Å². The third-order valence-corrected chi connectivity index (χ3v) is 7.91. The Kier molecular flexibility index (Phi) is 7.43. The maximum atomic E-state index is 12.5. The summed E-state index contributed by atoms with van der Waals surface area (Å²) in [6.07, 6.45) is 3.26. The lowest BCUT2D eigenvalue weighted by Crippen LogP contribution is -2.42. The molecule has 1 aliphatic heterocycles. The van der Waals surface area contributed by atoms with Gasteiger partial charge in [-0.05, 0) is 79.9 Å². The second kappa shape index (κ2) is 11.3. The normalized spacial score (nSPS) is 14.8. The van der Waals surface area contributed by atoms with Gasteiger partial charge in [-0.3, -0.25) is 0 Å². The Morgan fingerprint density at radius 3 is 2.37 bits per heavy atom. The van der Waals surface area contributed by atoms with Crippen LogP contribution < -0.4 is 14.4 Å². The molecule has 0 atom stereocenters. The first-order valence-electron chi connectivity index (χ1n) is 13.8. The highest BCUT2D eigenvalue weighted by Gasteiger charge is 2.36. The first kappa shape index (κ1) is 28.1. The Labute approximate surface area is 245 Å². The molecule has 3 aromatic heterocycles. The monoisotopic (exact) mass is 588 g/mol. The summed E-state index contributed by atoms with van der Waals surface area (Å²) in [6, 6.07) is 15.8. The van der Waals surface area contributed by atoms with Gasteiger partial charge in [0.25, 0.3) is 0 Å². The standard InChI is InChI=1S/C31H30F2N6O4/c1-18-26(20-5-9-22(10-6-20)43-30(32)33)38-29(36-18)31(2)11-13-39(14-12-31)28-23-15-24(37-27(23)34-17-35-28)19-3-7-21(8-4-19)42-16-25(40)41/h3-10,15,17,30H,11-14,16H2,1-2H3,(H,36,38)(H,40,41)(H,34,35,37). The van der Waals surface area contributed by atoms with Gasteiger partial charge < -0.3 is 29.4 Å². The van der Waals surface area contributed by atoms with E-state index in [1.165, 1.54) is 12.1 Å². The van der Waals surface area contributed by atoms with Crippen LogP contribution in [0.25, 0.3) is 33.5 Å². The number of carbonyl (C=O) groups is 1. The van der Waals surface area contributed by atoms with Crippen molar-refractivity contribution in [3.05, 3.63) is 72.4 Å². The Balaban J connectivity index is 1.17. The molecule has 12 heteroatoms. The number of aromatic nitrogens is 5. The highest BCUT2D eigenvalue weighted by molar-refractivity contribution is 5.92. The van der Waals surface area contributed by atoms with E-state index >= 15 is 0 Å². The molecule has 6 rings (SSSR count). The largest absolute Gasteiger partial charge is 0.482 e. The van der Waals surface area contributed by atoms with Gasteiger partial charge in [-0.2, -0.15) is 8.78 Å². The van der Waals surface area contributed by atoms with E-state index in [1.54, 1.807) is 30.6 Å². The molecule has 10 nitrogen and oxygen atoms in total. The summed E-state index contributed by atoms with van der Waals surface area (Å²) in [5.74, 6) is 1.33. The maximum absolute atomic E-state index is 12.5. The van der Waals surface area contributed by atoms with Crippen molar-refractivity contribution in [3.8, 4) is 34.0 Å². The zero-order chi connectivity index (χ0) is 30.1. The van der Waals surface area contributed by atoms with E-state index in [0.29, 0.717) is 5.75 Å². The summed E-state index contributed by atoms with van der Waals surface area (Å²) in [5, 5.41) is 9.74. The molecule has 1 fully saturated rings.